The van der Waals surface area contributed by atoms with Gasteiger partial charge < -0.3 is 10.6 Å². The van der Waals surface area contributed by atoms with E-state index in [1.807, 2.05) is 57.2 Å². The van der Waals surface area contributed by atoms with Crippen molar-refractivity contribution in [3.05, 3.63) is 94.5 Å². The van der Waals surface area contributed by atoms with Crippen LogP contribution >= 0.6 is 0 Å². The summed E-state index contributed by atoms with van der Waals surface area (Å²) in [5, 5.41) is 5.79. The Labute approximate surface area is 159 Å². The number of benzene rings is 3. The van der Waals surface area contributed by atoms with Gasteiger partial charge in [-0.3, -0.25) is 9.59 Å². The molecule has 2 amide bonds. The average Bonchev–Trinajstić information content (AvgIpc) is 2.65. The third-order valence-electron chi connectivity index (χ3n) is 4.30. The molecule has 2 N–H and O–H groups in total. The molecule has 0 spiro atoms. The molecule has 4 heteroatoms. The first-order valence-corrected chi connectivity index (χ1v) is 8.79. The molecule has 0 aliphatic carbocycles. The fourth-order valence-corrected chi connectivity index (χ4v) is 2.67. The number of hydrogen-bond acceptors (Lipinski definition) is 2. The monoisotopic (exact) mass is 358 g/mol. The van der Waals surface area contributed by atoms with Crippen LogP contribution in [0.3, 0.4) is 0 Å². The summed E-state index contributed by atoms with van der Waals surface area (Å²) in [4.78, 5) is 25.1. The highest BCUT2D eigenvalue weighted by atomic mass is 16.2. The smallest absolute Gasteiger partial charge is 0.255 e. The van der Waals surface area contributed by atoms with E-state index in [4.69, 9.17) is 0 Å². The van der Waals surface area contributed by atoms with Crippen molar-refractivity contribution >= 4 is 23.2 Å². The molecule has 0 unspecified atom stereocenters. The van der Waals surface area contributed by atoms with Crippen molar-refractivity contribution in [2.75, 3.05) is 10.6 Å². The lowest BCUT2D eigenvalue weighted by atomic mass is 10.1. The molecule has 27 heavy (non-hydrogen) atoms. The number of aryl methyl sites for hydroxylation is 3. The van der Waals surface area contributed by atoms with E-state index in [-0.39, 0.29) is 11.8 Å². The van der Waals surface area contributed by atoms with Crippen LogP contribution in [0.5, 0.6) is 0 Å². The maximum atomic E-state index is 12.6. The summed E-state index contributed by atoms with van der Waals surface area (Å²) in [5.74, 6) is -0.434. The first kappa shape index (κ1) is 18.4. The third-order valence-corrected chi connectivity index (χ3v) is 4.30. The minimum absolute atomic E-state index is 0.216. The van der Waals surface area contributed by atoms with Gasteiger partial charge in [-0.2, -0.15) is 0 Å². The third kappa shape index (κ3) is 4.61. The minimum atomic E-state index is -0.218. The molecule has 3 aromatic rings. The van der Waals surface area contributed by atoms with Crippen LogP contribution in [0, 0.1) is 20.8 Å². The zero-order valence-electron chi connectivity index (χ0n) is 15.7. The van der Waals surface area contributed by atoms with E-state index >= 15 is 0 Å². The molecule has 0 saturated heterocycles. The average molecular weight is 358 g/mol. The molecule has 4 nitrogen and oxygen atoms in total. The van der Waals surface area contributed by atoms with Crippen LogP contribution in [0.4, 0.5) is 11.4 Å². The Hall–Kier alpha value is -3.40. The number of nitrogens with one attached hydrogen (secondary N) is 2. The molecule has 136 valence electrons. The summed E-state index contributed by atoms with van der Waals surface area (Å²) >= 11 is 0. The first-order valence-electron chi connectivity index (χ1n) is 8.79. The lowest BCUT2D eigenvalue weighted by Gasteiger charge is -2.14. The van der Waals surface area contributed by atoms with Crippen LogP contribution in [0.25, 0.3) is 0 Å². The van der Waals surface area contributed by atoms with Gasteiger partial charge in [0.05, 0.1) is 11.4 Å². The van der Waals surface area contributed by atoms with E-state index in [0.717, 1.165) is 16.7 Å². The van der Waals surface area contributed by atoms with Crippen molar-refractivity contribution in [1.29, 1.82) is 0 Å². The van der Waals surface area contributed by atoms with E-state index in [1.54, 1.807) is 30.3 Å². The minimum Gasteiger partial charge on any atom is -0.320 e. The van der Waals surface area contributed by atoms with Gasteiger partial charge >= 0.3 is 0 Å². The summed E-state index contributed by atoms with van der Waals surface area (Å²) in [6, 6.07) is 20.2. The second-order valence-corrected chi connectivity index (χ2v) is 6.69. The molecule has 0 aliphatic heterocycles. The fraction of sp³-hybridized carbons (Fsp3) is 0.130. The highest BCUT2D eigenvalue weighted by Crippen LogP contribution is 2.24. The number of rotatable bonds is 4. The van der Waals surface area contributed by atoms with Crippen molar-refractivity contribution in [1.82, 2.24) is 0 Å². The zero-order chi connectivity index (χ0) is 19.4. The van der Waals surface area contributed by atoms with Gasteiger partial charge in [0.1, 0.15) is 0 Å². The molecule has 0 aliphatic rings. The van der Waals surface area contributed by atoms with Crippen molar-refractivity contribution in [3.63, 3.8) is 0 Å². The molecule has 3 aromatic carbocycles. The quantitative estimate of drug-likeness (QED) is 0.680. The normalized spacial score (nSPS) is 10.3. The molecular weight excluding hydrogens is 336 g/mol. The Bertz CT molecular complexity index is 974. The summed E-state index contributed by atoms with van der Waals surface area (Å²) < 4.78 is 0. The second kappa shape index (κ2) is 7.87. The van der Waals surface area contributed by atoms with Crippen molar-refractivity contribution in [2.45, 2.75) is 20.8 Å². The van der Waals surface area contributed by atoms with Gasteiger partial charge in [0.25, 0.3) is 11.8 Å². The number of carbonyl (C=O) groups excluding carboxylic acids is 2. The lowest BCUT2D eigenvalue weighted by molar-refractivity contribution is 0.101. The standard InChI is InChI=1S/C23H22N2O2/c1-15-4-9-18(10-5-15)22(26)24-20-13-8-17(3)14-21(20)25-23(27)19-11-6-16(2)7-12-19/h4-14H,1-3H3,(H,24,26)(H,25,27). The molecule has 0 heterocycles. The van der Waals surface area contributed by atoms with E-state index < -0.39 is 0 Å². The van der Waals surface area contributed by atoms with Gasteiger partial charge in [-0.05, 0) is 62.7 Å². The van der Waals surface area contributed by atoms with Crippen LogP contribution in [0.15, 0.2) is 66.7 Å². The van der Waals surface area contributed by atoms with Crippen molar-refractivity contribution in [3.8, 4) is 0 Å². The molecule has 0 atom stereocenters. The summed E-state index contributed by atoms with van der Waals surface area (Å²) in [5.41, 5.74) is 5.44. The zero-order valence-corrected chi connectivity index (χ0v) is 15.7. The molecule has 0 aromatic heterocycles. The van der Waals surface area contributed by atoms with Crippen LogP contribution in [0.2, 0.25) is 0 Å². The number of anilines is 2. The molecule has 0 fully saturated rings. The largest absolute Gasteiger partial charge is 0.320 e. The Kier molecular flexibility index (Phi) is 5.36. The molecule has 0 bridgehead atoms. The van der Waals surface area contributed by atoms with E-state index in [9.17, 15) is 9.59 Å². The first-order chi connectivity index (χ1) is 12.9. The molecular formula is C23H22N2O2. The number of amides is 2. The predicted octanol–water partition coefficient (Wildman–Crippen LogP) is 5.12. The lowest BCUT2D eigenvalue weighted by Crippen LogP contribution is -2.17. The van der Waals surface area contributed by atoms with Crippen LogP contribution in [-0.4, -0.2) is 11.8 Å². The highest BCUT2D eigenvalue weighted by Gasteiger charge is 2.12. The Balaban J connectivity index is 1.82. The van der Waals surface area contributed by atoms with E-state index in [2.05, 4.69) is 10.6 Å². The number of carbonyl (C=O) groups is 2. The van der Waals surface area contributed by atoms with E-state index in [1.165, 1.54) is 0 Å². The van der Waals surface area contributed by atoms with Gasteiger partial charge in [0, 0.05) is 11.1 Å². The van der Waals surface area contributed by atoms with Crippen molar-refractivity contribution < 1.29 is 9.59 Å². The fourth-order valence-electron chi connectivity index (χ4n) is 2.67. The molecule has 0 radical (unpaired) electrons. The molecule has 3 rings (SSSR count). The highest BCUT2D eigenvalue weighted by molar-refractivity contribution is 6.10. The van der Waals surface area contributed by atoms with Crippen LogP contribution in [-0.2, 0) is 0 Å². The summed E-state index contributed by atoms with van der Waals surface area (Å²) in [6.45, 7) is 5.88. The predicted molar refractivity (Wildman–Crippen MR) is 109 cm³/mol. The Morgan fingerprint density at radius 3 is 1.44 bits per heavy atom. The SMILES string of the molecule is Cc1ccc(C(=O)Nc2ccc(C)cc2NC(=O)c2ccc(C)cc2)cc1. The van der Waals surface area contributed by atoms with Gasteiger partial charge in [0.2, 0.25) is 0 Å². The molecule has 0 saturated carbocycles. The summed E-state index contributed by atoms with van der Waals surface area (Å²) in [7, 11) is 0. The second-order valence-electron chi connectivity index (χ2n) is 6.69. The van der Waals surface area contributed by atoms with E-state index in [0.29, 0.717) is 22.5 Å². The van der Waals surface area contributed by atoms with Crippen LogP contribution < -0.4 is 10.6 Å². The van der Waals surface area contributed by atoms with Gasteiger partial charge in [-0.15, -0.1) is 0 Å². The van der Waals surface area contributed by atoms with Gasteiger partial charge in [-0.25, -0.2) is 0 Å². The summed E-state index contributed by atoms with van der Waals surface area (Å²) in [6.07, 6.45) is 0. The number of hydrogen-bond donors (Lipinski definition) is 2. The van der Waals surface area contributed by atoms with Crippen LogP contribution in [0.1, 0.15) is 37.4 Å². The van der Waals surface area contributed by atoms with Crippen molar-refractivity contribution in [2.24, 2.45) is 0 Å². The maximum absolute atomic E-state index is 12.6. The Morgan fingerprint density at radius 2 is 0.963 bits per heavy atom. The van der Waals surface area contributed by atoms with Gasteiger partial charge in [0.15, 0.2) is 0 Å². The topological polar surface area (TPSA) is 58.2 Å². The maximum Gasteiger partial charge on any atom is 0.255 e. The Morgan fingerprint density at radius 1 is 0.556 bits per heavy atom. The van der Waals surface area contributed by atoms with Gasteiger partial charge in [-0.1, -0.05) is 41.5 Å².